The highest BCUT2D eigenvalue weighted by Crippen LogP contribution is 2.22. The van der Waals surface area contributed by atoms with Crippen molar-refractivity contribution in [1.29, 1.82) is 0 Å². The summed E-state index contributed by atoms with van der Waals surface area (Å²) in [4.78, 5) is 25.0. The van der Waals surface area contributed by atoms with E-state index in [1.165, 1.54) is 18.9 Å². The van der Waals surface area contributed by atoms with Crippen LogP contribution >= 0.6 is 0 Å². The minimum Gasteiger partial charge on any atom is -0.467 e. The summed E-state index contributed by atoms with van der Waals surface area (Å²) < 4.78 is 6.86. The zero-order valence-corrected chi connectivity index (χ0v) is 12.8. The molecule has 0 spiro atoms. The van der Waals surface area contributed by atoms with E-state index in [0.717, 1.165) is 16.5 Å². The summed E-state index contributed by atoms with van der Waals surface area (Å²) in [6.45, 7) is 1.44. The zero-order valence-electron chi connectivity index (χ0n) is 12.8. The molecule has 0 radical (unpaired) electrons. The van der Waals surface area contributed by atoms with Gasteiger partial charge in [0.1, 0.15) is 6.04 Å². The number of hydrogen-bond donors (Lipinski definition) is 0. The smallest absolute Gasteiger partial charge is 0.328 e. The second kappa shape index (κ2) is 5.99. The summed E-state index contributed by atoms with van der Waals surface area (Å²) in [5, 5.41) is 1.09. The number of ether oxygens (including phenoxy) is 1. The number of fused-ring (bicyclic) bond motifs is 1. The van der Waals surface area contributed by atoms with Crippen LogP contribution in [0.5, 0.6) is 0 Å². The molecule has 0 aliphatic carbocycles. The van der Waals surface area contributed by atoms with E-state index < -0.39 is 12.0 Å². The number of carbonyl (C=O) groups excluding carboxylic acids is 2. The second-order valence-electron chi connectivity index (χ2n) is 5.16. The minimum atomic E-state index is -0.613. The largest absolute Gasteiger partial charge is 0.467 e. The minimum absolute atomic E-state index is 0.161. The highest BCUT2D eigenvalue weighted by atomic mass is 16.5. The molecule has 21 heavy (non-hydrogen) atoms. The molecular weight excluding hydrogens is 268 g/mol. The van der Waals surface area contributed by atoms with Crippen LogP contribution in [-0.2, 0) is 27.8 Å². The van der Waals surface area contributed by atoms with E-state index in [1.54, 1.807) is 7.05 Å². The van der Waals surface area contributed by atoms with Crippen LogP contribution in [0.3, 0.4) is 0 Å². The topological polar surface area (TPSA) is 51.5 Å². The number of methoxy groups -OCH3 is 1. The van der Waals surface area contributed by atoms with Crippen molar-refractivity contribution >= 4 is 22.8 Å². The van der Waals surface area contributed by atoms with Crippen LogP contribution in [0.1, 0.15) is 12.5 Å². The Labute approximate surface area is 124 Å². The fourth-order valence-corrected chi connectivity index (χ4v) is 2.53. The SMILES string of the molecule is COC(=O)[C@H](Cc1cn(C)c2ccccc12)N(C)C(C)=O. The number of benzene rings is 1. The molecule has 112 valence electrons. The lowest BCUT2D eigenvalue weighted by Crippen LogP contribution is -2.43. The Balaban J connectivity index is 2.39. The number of nitrogens with zero attached hydrogens (tertiary/aromatic N) is 2. The van der Waals surface area contributed by atoms with Crippen LogP contribution in [-0.4, -0.2) is 41.5 Å². The molecule has 1 amide bonds. The molecule has 2 aromatic rings. The average Bonchev–Trinajstić information content (AvgIpc) is 2.80. The third-order valence-corrected chi connectivity index (χ3v) is 3.83. The Kier molecular flexibility index (Phi) is 4.31. The number of aromatic nitrogens is 1. The summed E-state index contributed by atoms with van der Waals surface area (Å²) in [7, 11) is 4.93. The standard InChI is InChI=1S/C16H20N2O3/c1-11(19)18(3)15(16(20)21-4)9-12-10-17(2)14-8-6-5-7-13(12)14/h5-8,10,15H,9H2,1-4H3/t15-/m0/s1. The number of hydrogen-bond acceptors (Lipinski definition) is 3. The number of amides is 1. The van der Waals surface area contributed by atoms with Gasteiger partial charge < -0.3 is 14.2 Å². The summed E-state index contributed by atoms with van der Waals surface area (Å²) >= 11 is 0. The normalized spacial score (nSPS) is 12.2. The highest BCUT2D eigenvalue weighted by molar-refractivity contribution is 5.87. The van der Waals surface area contributed by atoms with Crippen molar-refractivity contribution in [3.63, 3.8) is 0 Å². The molecule has 1 aromatic heterocycles. The molecule has 5 nitrogen and oxygen atoms in total. The molecule has 0 saturated carbocycles. The number of aryl methyl sites for hydroxylation is 1. The molecular formula is C16H20N2O3. The van der Waals surface area contributed by atoms with Crippen LogP contribution in [0.25, 0.3) is 10.9 Å². The summed E-state index contributed by atoms with van der Waals surface area (Å²) in [5.41, 5.74) is 2.12. The maximum absolute atomic E-state index is 12.0. The van der Waals surface area contributed by atoms with Crippen molar-refractivity contribution < 1.29 is 14.3 Å². The van der Waals surface area contributed by atoms with Gasteiger partial charge in [-0.05, 0) is 11.6 Å². The summed E-state index contributed by atoms with van der Waals surface area (Å²) in [5.74, 6) is -0.564. The predicted octanol–water partition coefficient (Wildman–Crippen LogP) is 1.74. The van der Waals surface area contributed by atoms with Crippen molar-refractivity contribution in [1.82, 2.24) is 9.47 Å². The first-order valence-electron chi connectivity index (χ1n) is 6.80. The molecule has 2 rings (SSSR count). The van der Waals surface area contributed by atoms with Gasteiger partial charge in [0.2, 0.25) is 5.91 Å². The molecule has 0 unspecified atom stereocenters. The first kappa shape index (κ1) is 15.1. The molecule has 0 fully saturated rings. The Morgan fingerprint density at radius 2 is 2.00 bits per heavy atom. The molecule has 0 aliphatic rings. The maximum Gasteiger partial charge on any atom is 0.328 e. The zero-order chi connectivity index (χ0) is 15.6. The van der Waals surface area contributed by atoms with Gasteiger partial charge in [-0.1, -0.05) is 18.2 Å². The molecule has 1 aromatic carbocycles. The molecule has 0 N–H and O–H groups in total. The van der Waals surface area contributed by atoms with Gasteiger partial charge in [0.05, 0.1) is 7.11 Å². The van der Waals surface area contributed by atoms with Crippen LogP contribution in [0.2, 0.25) is 0 Å². The van der Waals surface area contributed by atoms with Crippen molar-refractivity contribution in [3.05, 3.63) is 36.0 Å². The summed E-state index contributed by atoms with van der Waals surface area (Å²) in [6, 6.07) is 7.38. The second-order valence-corrected chi connectivity index (χ2v) is 5.16. The van der Waals surface area contributed by atoms with E-state index in [9.17, 15) is 9.59 Å². The highest BCUT2D eigenvalue weighted by Gasteiger charge is 2.27. The number of rotatable bonds is 4. The average molecular weight is 288 g/mol. The van der Waals surface area contributed by atoms with E-state index in [4.69, 9.17) is 4.74 Å². The van der Waals surface area contributed by atoms with Gasteiger partial charge in [-0.25, -0.2) is 4.79 Å². The third kappa shape index (κ3) is 2.91. The van der Waals surface area contributed by atoms with Crippen molar-refractivity contribution in [2.24, 2.45) is 7.05 Å². The van der Waals surface area contributed by atoms with Gasteiger partial charge in [-0.15, -0.1) is 0 Å². The molecule has 1 heterocycles. The fraction of sp³-hybridized carbons (Fsp3) is 0.375. The van der Waals surface area contributed by atoms with E-state index in [-0.39, 0.29) is 5.91 Å². The monoisotopic (exact) mass is 288 g/mol. The lowest BCUT2D eigenvalue weighted by Gasteiger charge is -2.24. The summed E-state index contributed by atoms with van der Waals surface area (Å²) in [6.07, 6.45) is 2.43. The Morgan fingerprint density at radius 1 is 1.33 bits per heavy atom. The van der Waals surface area contributed by atoms with Gasteiger partial charge in [0.15, 0.2) is 0 Å². The molecule has 0 bridgehead atoms. The van der Waals surface area contributed by atoms with E-state index >= 15 is 0 Å². The first-order chi connectivity index (χ1) is 9.95. The number of esters is 1. The number of carbonyl (C=O) groups is 2. The van der Waals surface area contributed by atoms with Crippen molar-refractivity contribution in [3.8, 4) is 0 Å². The van der Waals surface area contributed by atoms with Crippen LogP contribution in [0, 0.1) is 0 Å². The predicted molar refractivity (Wildman–Crippen MR) is 80.9 cm³/mol. The Hall–Kier alpha value is -2.30. The molecule has 1 atom stereocenters. The van der Waals surface area contributed by atoms with Crippen LogP contribution < -0.4 is 0 Å². The molecule has 5 heteroatoms. The third-order valence-electron chi connectivity index (χ3n) is 3.83. The van der Waals surface area contributed by atoms with Crippen molar-refractivity contribution in [2.45, 2.75) is 19.4 Å². The van der Waals surface area contributed by atoms with Crippen molar-refractivity contribution in [2.75, 3.05) is 14.2 Å². The maximum atomic E-state index is 12.0. The Bertz CT molecular complexity index is 675. The number of para-hydroxylation sites is 1. The van der Waals surface area contributed by atoms with Crippen LogP contribution in [0.15, 0.2) is 30.5 Å². The van der Waals surface area contributed by atoms with Gasteiger partial charge >= 0.3 is 5.97 Å². The van der Waals surface area contributed by atoms with Gasteiger partial charge in [0, 0.05) is 44.5 Å². The van der Waals surface area contributed by atoms with Gasteiger partial charge in [0.25, 0.3) is 0 Å². The van der Waals surface area contributed by atoms with E-state index in [0.29, 0.717) is 6.42 Å². The quantitative estimate of drug-likeness (QED) is 0.805. The Morgan fingerprint density at radius 3 is 2.62 bits per heavy atom. The fourth-order valence-electron chi connectivity index (χ4n) is 2.53. The van der Waals surface area contributed by atoms with Gasteiger partial charge in [-0.3, -0.25) is 4.79 Å². The number of likely N-dealkylation sites (N-methyl/N-ethyl adjacent to an activating group) is 1. The lowest BCUT2D eigenvalue weighted by molar-refractivity contribution is -0.151. The lowest BCUT2D eigenvalue weighted by atomic mass is 10.0. The van der Waals surface area contributed by atoms with E-state index in [1.807, 2.05) is 42.1 Å². The first-order valence-corrected chi connectivity index (χ1v) is 6.80. The molecule has 0 aliphatic heterocycles. The van der Waals surface area contributed by atoms with E-state index in [2.05, 4.69) is 0 Å². The molecule has 0 saturated heterocycles. The van der Waals surface area contributed by atoms with Crippen LogP contribution in [0.4, 0.5) is 0 Å². The van der Waals surface area contributed by atoms with Gasteiger partial charge in [-0.2, -0.15) is 0 Å².